The van der Waals surface area contributed by atoms with Crippen molar-refractivity contribution in [3.8, 4) is 0 Å². The molecule has 0 aliphatic carbocycles. The minimum Gasteiger partial charge on any atom is -0.326 e. The van der Waals surface area contributed by atoms with Gasteiger partial charge in [-0.1, -0.05) is 12.1 Å². The maximum atomic E-state index is 12.3. The Morgan fingerprint density at radius 3 is 2.48 bits per heavy atom. The lowest BCUT2D eigenvalue weighted by Gasteiger charge is -2.15. The normalized spacial score (nSPS) is 12.4. The third-order valence-electron chi connectivity index (χ3n) is 3.30. The summed E-state index contributed by atoms with van der Waals surface area (Å²) in [7, 11) is -3.73. The van der Waals surface area contributed by atoms with Crippen LogP contribution in [0.5, 0.6) is 0 Å². The predicted octanol–water partition coefficient (Wildman–Crippen LogP) is 2.32. The molecule has 0 aliphatic rings. The van der Waals surface area contributed by atoms with E-state index in [1.54, 1.807) is 29.6 Å². The van der Waals surface area contributed by atoms with Crippen LogP contribution in [-0.4, -0.2) is 26.3 Å². The van der Waals surface area contributed by atoms with Gasteiger partial charge < -0.3 is 10.6 Å². The minimum absolute atomic E-state index is 0.149. The molecule has 7 nitrogen and oxygen atoms in total. The van der Waals surface area contributed by atoms with E-state index in [2.05, 4.69) is 15.4 Å². The van der Waals surface area contributed by atoms with E-state index in [0.29, 0.717) is 11.4 Å². The van der Waals surface area contributed by atoms with E-state index in [0.717, 1.165) is 16.9 Å². The Morgan fingerprint density at radius 1 is 1.16 bits per heavy atom. The Bertz CT molecular complexity index is 877. The number of amides is 2. The van der Waals surface area contributed by atoms with Gasteiger partial charge in [0, 0.05) is 18.3 Å². The van der Waals surface area contributed by atoms with Crippen LogP contribution in [0.2, 0.25) is 0 Å². The number of rotatable bonds is 6. The predicted molar refractivity (Wildman–Crippen MR) is 98.2 cm³/mol. The molecule has 0 saturated heterocycles. The van der Waals surface area contributed by atoms with E-state index in [-0.39, 0.29) is 10.1 Å². The van der Waals surface area contributed by atoms with Crippen LogP contribution in [0.1, 0.15) is 19.4 Å². The highest BCUT2D eigenvalue weighted by Crippen LogP contribution is 2.21. The molecule has 1 aromatic carbocycles. The van der Waals surface area contributed by atoms with Crippen molar-refractivity contribution in [1.29, 1.82) is 0 Å². The highest BCUT2D eigenvalue weighted by Gasteiger charge is 2.22. The van der Waals surface area contributed by atoms with Gasteiger partial charge in [0.2, 0.25) is 11.8 Å². The lowest BCUT2D eigenvalue weighted by atomic mass is 10.1. The van der Waals surface area contributed by atoms with Gasteiger partial charge in [0.05, 0.1) is 6.04 Å². The Labute approximate surface area is 150 Å². The number of hydrogen-bond acceptors (Lipinski definition) is 5. The van der Waals surface area contributed by atoms with Gasteiger partial charge in [0.1, 0.15) is 4.21 Å². The Kier molecular flexibility index (Phi) is 5.93. The van der Waals surface area contributed by atoms with Crippen LogP contribution in [0, 0.1) is 6.92 Å². The summed E-state index contributed by atoms with van der Waals surface area (Å²) in [5, 5.41) is 6.96. The average molecular weight is 381 g/mol. The summed E-state index contributed by atoms with van der Waals surface area (Å²) in [5.41, 5.74) is 1.89. The van der Waals surface area contributed by atoms with E-state index in [1.165, 1.54) is 19.9 Å². The van der Waals surface area contributed by atoms with Crippen LogP contribution in [0.15, 0.2) is 39.9 Å². The number of nitrogens with one attached hydrogen (secondary N) is 3. The van der Waals surface area contributed by atoms with E-state index >= 15 is 0 Å². The average Bonchev–Trinajstić information content (AvgIpc) is 3.05. The maximum absolute atomic E-state index is 12.3. The molecule has 3 N–H and O–H groups in total. The number of carbonyl (C=O) groups excluding carboxylic acids is 2. The number of aryl methyl sites for hydroxylation is 1. The van der Waals surface area contributed by atoms with Crippen molar-refractivity contribution in [1.82, 2.24) is 4.72 Å². The van der Waals surface area contributed by atoms with Crippen molar-refractivity contribution in [2.45, 2.75) is 31.0 Å². The molecule has 0 radical (unpaired) electrons. The zero-order valence-electron chi connectivity index (χ0n) is 14.0. The first-order valence-corrected chi connectivity index (χ1v) is 9.80. The molecular formula is C16H19N3O4S2. The molecule has 25 heavy (non-hydrogen) atoms. The molecule has 0 fully saturated rings. The molecular weight excluding hydrogens is 362 g/mol. The second kappa shape index (κ2) is 7.77. The number of carbonyl (C=O) groups is 2. The highest BCUT2D eigenvalue weighted by molar-refractivity contribution is 7.91. The smallest absolute Gasteiger partial charge is 0.250 e. The Hall–Kier alpha value is -2.23. The molecule has 2 amide bonds. The molecule has 0 bridgehead atoms. The fourth-order valence-corrected chi connectivity index (χ4v) is 4.25. The molecule has 0 spiro atoms. The summed E-state index contributed by atoms with van der Waals surface area (Å²) in [5.74, 6) is -0.721. The second-order valence-corrected chi connectivity index (χ2v) is 8.36. The van der Waals surface area contributed by atoms with Crippen LogP contribution >= 0.6 is 11.3 Å². The van der Waals surface area contributed by atoms with Crippen molar-refractivity contribution in [2.24, 2.45) is 0 Å². The lowest BCUT2D eigenvalue weighted by molar-refractivity contribution is -0.117. The first-order valence-electron chi connectivity index (χ1n) is 7.44. The van der Waals surface area contributed by atoms with Crippen molar-refractivity contribution < 1.29 is 18.0 Å². The fraction of sp³-hybridized carbons (Fsp3) is 0.250. The van der Waals surface area contributed by atoms with Crippen molar-refractivity contribution in [3.05, 3.63) is 41.3 Å². The van der Waals surface area contributed by atoms with Crippen LogP contribution in [0.4, 0.5) is 11.4 Å². The minimum atomic E-state index is -3.73. The number of benzene rings is 1. The summed E-state index contributed by atoms with van der Waals surface area (Å²) >= 11 is 1.07. The molecule has 2 aromatic rings. The number of hydrogen-bond donors (Lipinski definition) is 3. The molecule has 0 aliphatic heterocycles. The molecule has 9 heteroatoms. The highest BCUT2D eigenvalue weighted by atomic mass is 32.2. The molecule has 1 unspecified atom stereocenters. The van der Waals surface area contributed by atoms with Gasteiger partial charge in [-0.3, -0.25) is 9.59 Å². The van der Waals surface area contributed by atoms with E-state index < -0.39 is 22.0 Å². The largest absolute Gasteiger partial charge is 0.326 e. The molecule has 2 rings (SSSR count). The molecule has 1 aromatic heterocycles. The number of sulfonamides is 1. The zero-order valence-corrected chi connectivity index (χ0v) is 15.6. The second-order valence-electron chi connectivity index (χ2n) is 5.48. The SMILES string of the molecule is CC(=O)Nc1cc(NC(=O)C(C)NS(=O)(=O)c2cccs2)ccc1C. The van der Waals surface area contributed by atoms with Gasteiger partial charge in [-0.25, -0.2) is 8.42 Å². The summed E-state index contributed by atoms with van der Waals surface area (Å²) in [6, 6.07) is 7.18. The van der Waals surface area contributed by atoms with Gasteiger partial charge >= 0.3 is 0 Å². The van der Waals surface area contributed by atoms with Gasteiger partial charge in [0.25, 0.3) is 10.0 Å². The van der Waals surface area contributed by atoms with Crippen molar-refractivity contribution in [2.75, 3.05) is 10.6 Å². The third kappa shape index (κ3) is 5.12. The monoisotopic (exact) mass is 381 g/mol. The van der Waals surface area contributed by atoms with Gasteiger partial charge in [-0.05, 0) is 43.0 Å². The van der Waals surface area contributed by atoms with Crippen molar-refractivity contribution in [3.63, 3.8) is 0 Å². The summed E-state index contributed by atoms with van der Waals surface area (Å²) in [6.45, 7) is 4.68. The van der Waals surface area contributed by atoms with Gasteiger partial charge in [-0.15, -0.1) is 11.3 Å². The van der Waals surface area contributed by atoms with Crippen LogP contribution in [-0.2, 0) is 19.6 Å². The first kappa shape index (κ1) is 19.1. The van der Waals surface area contributed by atoms with Crippen LogP contribution in [0.25, 0.3) is 0 Å². The van der Waals surface area contributed by atoms with E-state index in [4.69, 9.17) is 0 Å². The maximum Gasteiger partial charge on any atom is 0.250 e. The quantitative estimate of drug-likeness (QED) is 0.714. The summed E-state index contributed by atoms with van der Waals surface area (Å²) < 4.78 is 26.8. The number of anilines is 2. The molecule has 134 valence electrons. The van der Waals surface area contributed by atoms with Crippen LogP contribution < -0.4 is 15.4 Å². The zero-order chi connectivity index (χ0) is 18.6. The topological polar surface area (TPSA) is 104 Å². The Balaban J connectivity index is 2.07. The molecule has 0 saturated carbocycles. The molecule has 1 heterocycles. The van der Waals surface area contributed by atoms with E-state index in [1.807, 2.05) is 6.92 Å². The lowest BCUT2D eigenvalue weighted by Crippen LogP contribution is -2.41. The summed E-state index contributed by atoms with van der Waals surface area (Å²) in [4.78, 5) is 23.5. The summed E-state index contributed by atoms with van der Waals surface area (Å²) in [6.07, 6.45) is 0. The van der Waals surface area contributed by atoms with Gasteiger partial charge in [-0.2, -0.15) is 4.72 Å². The van der Waals surface area contributed by atoms with E-state index in [9.17, 15) is 18.0 Å². The third-order valence-corrected chi connectivity index (χ3v) is 6.24. The van der Waals surface area contributed by atoms with Crippen molar-refractivity contribution >= 4 is 44.5 Å². The molecule has 1 atom stereocenters. The Morgan fingerprint density at radius 2 is 1.88 bits per heavy atom. The van der Waals surface area contributed by atoms with Crippen LogP contribution in [0.3, 0.4) is 0 Å². The fourth-order valence-electron chi connectivity index (χ4n) is 2.04. The van der Waals surface area contributed by atoms with Gasteiger partial charge in [0.15, 0.2) is 0 Å². The standard InChI is InChI=1S/C16H19N3O4S2/c1-10-6-7-13(9-14(10)17-12(3)20)18-16(21)11(2)19-25(22,23)15-5-4-8-24-15/h4-9,11,19H,1-3H3,(H,17,20)(H,18,21). The first-order chi connectivity index (χ1) is 11.7. The number of thiophene rings is 1.